The highest BCUT2D eigenvalue weighted by molar-refractivity contribution is 7.17. The van der Waals surface area contributed by atoms with Crippen molar-refractivity contribution in [3.8, 4) is 22.1 Å². The molecule has 1 heterocycles. The van der Waals surface area contributed by atoms with Crippen LogP contribution in [0.4, 0.5) is 0 Å². The molecular weight excluding hydrogens is 422 g/mol. The fraction of sp³-hybridized carbons (Fsp3) is 0.227. The van der Waals surface area contributed by atoms with Crippen molar-refractivity contribution in [2.45, 2.75) is 19.8 Å². The molecule has 0 unspecified atom stereocenters. The Morgan fingerprint density at radius 3 is 2.70 bits per heavy atom. The Labute approximate surface area is 183 Å². The van der Waals surface area contributed by atoms with E-state index in [-0.39, 0.29) is 5.91 Å². The zero-order chi connectivity index (χ0) is 21.3. The second kappa shape index (κ2) is 8.45. The predicted octanol–water partition coefficient (Wildman–Crippen LogP) is 4.87. The number of methoxy groups -OCH3 is 2. The second-order valence-corrected chi connectivity index (χ2v) is 8.24. The van der Waals surface area contributed by atoms with Gasteiger partial charge in [-0.25, -0.2) is 10.4 Å². The van der Waals surface area contributed by atoms with Crippen LogP contribution in [-0.4, -0.2) is 30.8 Å². The Hall–Kier alpha value is -2.90. The molecule has 1 aromatic heterocycles. The number of nitrogens with one attached hydrogen (secondary N) is 1. The van der Waals surface area contributed by atoms with Crippen molar-refractivity contribution in [2.75, 3.05) is 14.2 Å². The van der Waals surface area contributed by atoms with Crippen LogP contribution in [0.3, 0.4) is 0 Å². The van der Waals surface area contributed by atoms with Crippen molar-refractivity contribution < 1.29 is 14.3 Å². The minimum absolute atomic E-state index is 0.279. The van der Waals surface area contributed by atoms with E-state index in [9.17, 15) is 4.79 Å². The number of carbonyl (C=O) groups excluding carboxylic acids is 1. The number of fused-ring (bicyclic) bond motifs is 1. The summed E-state index contributed by atoms with van der Waals surface area (Å²) in [5, 5.41) is 5.65. The predicted molar refractivity (Wildman–Crippen MR) is 119 cm³/mol. The summed E-state index contributed by atoms with van der Waals surface area (Å²) in [7, 11) is 3.23. The molecule has 0 saturated heterocycles. The number of carbonyl (C=O) groups is 1. The van der Waals surface area contributed by atoms with Gasteiger partial charge in [-0.2, -0.15) is 5.10 Å². The summed E-state index contributed by atoms with van der Waals surface area (Å²) in [4.78, 5) is 17.8. The first-order chi connectivity index (χ1) is 14.5. The van der Waals surface area contributed by atoms with Gasteiger partial charge < -0.3 is 9.47 Å². The average Bonchev–Trinajstić information content (AvgIpc) is 3.34. The van der Waals surface area contributed by atoms with Crippen molar-refractivity contribution in [1.82, 2.24) is 10.4 Å². The maximum absolute atomic E-state index is 12.8. The van der Waals surface area contributed by atoms with Gasteiger partial charge >= 0.3 is 0 Å². The number of hydrogen-bond donors (Lipinski definition) is 1. The van der Waals surface area contributed by atoms with Crippen LogP contribution in [-0.2, 0) is 6.42 Å². The molecule has 0 bridgehead atoms. The molecule has 1 aliphatic carbocycles. The number of thiazole rings is 1. The van der Waals surface area contributed by atoms with E-state index in [1.165, 1.54) is 16.9 Å². The number of ether oxygens (including phenoxy) is 2. The van der Waals surface area contributed by atoms with Gasteiger partial charge in [0.15, 0.2) is 0 Å². The van der Waals surface area contributed by atoms with Crippen molar-refractivity contribution in [3.63, 3.8) is 0 Å². The lowest BCUT2D eigenvalue weighted by molar-refractivity contribution is 0.0958. The van der Waals surface area contributed by atoms with Crippen LogP contribution in [0.2, 0.25) is 5.02 Å². The van der Waals surface area contributed by atoms with Crippen LogP contribution >= 0.6 is 22.9 Å². The molecule has 0 spiro atoms. The number of benzene rings is 2. The largest absolute Gasteiger partial charge is 0.497 e. The second-order valence-electron chi connectivity index (χ2n) is 6.80. The lowest BCUT2D eigenvalue weighted by Crippen LogP contribution is -2.19. The van der Waals surface area contributed by atoms with E-state index in [1.54, 1.807) is 26.4 Å². The third kappa shape index (κ3) is 3.91. The van der Waals surface area contributed by atoms with E-state index in [2.05, 4.69) is 15.5 Å². The van der Waals surface area contributed by atoms with E-state index >= 15 is 0 Å². The zero-order valence-electron chi connectivity index (χ0n) is 16.8. The number of amides is 1. The van der Waals surface area contributed by atoms with E-state index in [0.29, 0.717) is 26.4 Å². The lowest BCUT2D eigenvalue weighted by Gasteiger charge is -2.05. The van der Waals surface area contributed by atoms with Gasteiger partial charge in [0.1, 0.15) is 21.4 Å². The van der Waals surface area contributed by atoms with Crippen LogP contribution in [0.25, 0.3) is 10.6 Å². The van der Waals surface area contributed by atoms with Crippen LogP contribution in [0.15, 0.2) is 41.5 Å². The van der Waals surface area contributed by atoms with Crippen molar-refractivity contribution in [3.05, 3.63) is 63.1 Å². The molecule has 0 aliphatic heterocycles. The minimum atomic E-state index is -0.279. The highest BCUT2D eigenvalue weighted by Gasteiger charge is 2.21. The van der Waals surface area contributed by atoms with Gasteiger partial charge in [0.05, 0.1) is 31.2 Å². The summed E-state index contributed by atoms with van der Waals surface area (Å²) in [6, 6.07) is 11.2. The molecule has 1 aliphatic rings. The van der Waals surface area contributed by atoms with E-state index < -0.39 is 0 Å². The first-order valence-corrected chi connectivity index (χ1v) is 10.5. The molecule has 0 atom stereocenters. The van der Waals surface area contributed by atoms with Gasteiger partial charge in [0, 0.05) is 10.6 Å². The Balaban J connectivity index is 1.56. The Bertz CT molecular complexity index is 1160. The SMILES string of the molecule is COc1ccc2c(c1)CC/C2=N\NC(=O)c1sc(-c2ccc(Cl)cc2OC)nc1C. The molecule has 3 aromatic rings. The summed E-state index contributed by atoms with van der Waals surface area (Å²) in [6.07, 6.45) is 1.65. The highest BCUT2D eigenvalue weighted by Crippen LogP contribution is 2.36. The van der Waals surface area contributed by atoms with Gasteiger partial charge in [0.25, 0.3) is 5.91 Å². The Morgan fingerprint density at radius 1 is 1.13 bits per heavy atom. The Kier molecular flexibility index (Phi) is 5.74. The van der Waals surface area contributed by atoms with Crippen molar-refractivity contribution >= 4 is 34.6 Å². The monoisotopic (exact) mass is 441 g/mol. The molecule has 1 amide bonds. The molecule has 154 valence electrons. The van der Waals surface area contributed by atoms with E-state index in [0.717, 1.165) is 35.4 Å². The fourth-order valence-corrected chi connectivity index (χ4v) is 4.57. The maximum atomic E-state index is 12.8. The quantitative estimate of drug-likeness (QED) is 0.573. The number of aromatic nitrogens is 1. The van der Waals surface area contributed by atoms with Crippen LogP contribution in [0.5, 0.6) is 11.5 Å². The summed E-state index contributed by atoms with van der Waals surface area (Å²) in [5.74, 6) is 1.16. The van der Waals surface area contributed by atoms with Gasteiger partial charge in [-0.1, -0.05) is 11.6 Å². The van der Waals surface area contributed by atoms with E-state index in [4.69, 9.17) is 21.1 Å². The highest BCUT2D eigenvalue weighted by atomic mass is 35.5. The minimum Gasteiger partial charge on any atom is -0.497 e. The van der Waals surface area contributed by atoms with Crippen molar-refractivity contribution in [2.24, 2.45) is 5.10 Å². The normalized spacial score (nSPS) is 13.9. The molecular formula is C22H20ClN3O3S. The standard InChI is InChI=1S/C22H20ClN3O3S/c1-12-20(30-22(24-12)17-7-5-14(23)11-19(17)29-3)21(27)26-25-18-9-4-13-10-15(28-2)6-8-16(13)18/h5-8,10-11H,4,9H2,1-3H3,(H,26,27)/b25-18+. The van der Waals surface area contributed by atoms with Crippen LogP contribution in [0, 0.1) is 6.92 Å². The lowest BCUT2D eigenvalue weighted by atomic mass is 10.1. The average molecular weight is 442 g/mol. The van der Waals surface area contributed by atoms with Crippen molar-refractivity contribution in [1.29, 1.82) is 0 Å². The zero-order valence-corrected chi connectivity index (χ0v) is 18.4. The third-order valence-electron chi connectivity index (χ3n) is 4.94. The van der Waals surface area contributed by atoms with Gasteiger partial charge in [-0.3, -0.25) is 4.79 Å². The number of nitrogens with zero attached hydrogens (tertiary/aromatic N) is 2. The summed E-state index contributed by atoms with van der Waals surface area (Å²) in [5.41, 5.74) is 7.20. The molecule has 0 radical (unpaired) electrons. The number of hydrazone groups is 1. The number of hydrogen-bond acceptors (Lipinski definition) is 6. The van der Waals surface area contributed by atoms with Gasteiger partial charge in [-0.15, -0.1) is 11.3 Å². The van der Waals surface area contributed by atoms with Crippen LogP contribution in [0.1, 0.15) is 32.9 Å². The Morgan fingerprint density at radius 2 is 1.93 bits per heavy atom. The maximum Gasteiger partial charge on any atom is 0.283 e. The van der Waals surface area contributed by atoms with Gasteiger partial charge in [0.2, 0.25) is 0 Å². The molecule has 8 heteroatoms. The number of aryl methyl sites for hydroxylation is 2. The topological polar surface area (TPSA) is 72.8 Å². The number of rotatable bonds is 5. The summed E-state index contributed by atoms with van der Waals surface area (Å²) < 4.78 is 10.7. The molecule has 30 heavy (non-hydrogen) atoms. The van der Waals surface area contributed by atoms with Gasteiger partial charge in [-0.05, 0) is 61.7 Å². The molecule has 0 fully saturated rings. The third-order valence-corrected chi connectivity index (χ3v) is 6.37. The van der Waals surface area contributed by atoms with Crippen LogP contribution < -0.4 is 14.9 Å². The number of halogens is 1. The summed E-state index contributed by atoms with van der Waals surface area (Å²) >= 11 is 7.34. The molecule has 2 aromatic carbocycles. The molecule has 0 saturated carbocycles. The smallest absolute Gasteiger partial charge is 0.283 e. The molecule has 6 nitrogen and oxygen atoms in total. The first-order valence-electron chi connectivity index (χ1n) is 9.35. The van der Waals surface area contributed by atoms with E-state index in [1.807, 2.05) is 31.2 Å². The molecule has 1 N–H and O–H groups in total. The first kappa shape index (κ1) is 20.4. The summed E-state index contributed by atoms with van der Waals surface area (Å²) in [6.45, 7) is 1.81. The molecule has 4 rings (SSSR count). The fourth-order valence-electron chi connectivity index (χ4n) is 3.42.